The van der Waals surface area contributed by atoms with Crippen molar-refractivity contribution >= 4 is 29.8 Å². The summed E-state index contributed by atoms with van der Waals surface area (Å²) in [6.07, 6.45) is 1.08. The third kappa shape index (κ3) is 3.18. The minimum atomic E-state index is -1.69. The Morgan fingerprint density at radius 1 is 0.692 bits per heavy atom. The van der Waals surface area contributed by atoms with Crippen molar-refractivity contribution in [2.45, 2.75) is 47.2 Å². The van der Waals surface area contributed by atoms with Gasteiger partial charge in [0, 0.05) is 37.6 Å². The molecule has 2 nitrogen and oxygen atoms in total. The summed E-state index contributed by atoms with van der Waals surface area (Å²) in [5.41, 5.74) is 5.86. The number of anilines is 2. The summed E-state index contributed by atoms with van der Waals surface area (Å²) in [6.45, 7) is 18.3. The van der Waals surface area contributed by atoms with Crippen LogP contribution in [-0.2, 0) is 6.42 Å². The molecule has 3 heteroatoms. The molecule has 0 saturated heterocycles. The first-order chi connectivity index (χ1) is 12.5. The normalized spacial score (nSPS) is 14.5. The van der Waals surface area contributed by atoms with Crippen LogP contribution in [0.4, 0.5) is 11.4 Å². The van der Waals surface area contributed by atoms with E-state index in [-0.39, 0.29) is 0 Å². The standard InChI is InChI=1S/C23H34N2Si/c1-7-24(8-2)20-13-11-18-15-19-12-14-21(25(9-3)10-4)17-23(19)26(5,6)22(18)16-20/h11-14,16-17H,7-10,15H2,1-6H3. The number of hydrogen-bond acceptors (Lipinski definition) is 2. The molecule has 0 radical (unpaired) electrons. The number of fused-ring (bicyclic) bond motifs is 2. The molecular formula is C23H34N2Si. The lowest BCUT2D eigenvalue weighted by molar-refractivity contribution is 0.865. The molecule has 0 unspecified atom stereocenters. The van der Waals surface area contributed by atoms with Crippen LogP contribution in [0.25, 0.3) is 0 Å². The fourth-order valence-electron chi connectivity index (χ4n) is 4.52. The molecule has 1 heterocycles. The molecule has 0 aliphatic carbocycles. The number of rotatable bonds is 6. The van der Waals surface area contributed by atoms with Gasteiger partial charge in [-0.25, -0.2) is 0 Å². The van der Waals surface area contributed by atoms with E-state index < -0.39 is 8.07 Å². The average molecular weight is 367 g/mol. The second-order valence-corrected chi connectivity index (χ2v) is 12.2. The Morgan fingerprint density at radius 3 is 1.42 bits per heavy atom. The molecule has 140 valence electrons. The molecule has 2 aromatic carbocycles. The van der Waals surface area contributed by atoms with Gasteiger partial charge in [-0.2, -0.15) is 0 Å². The van der Waals surface area contributed by atoms with Crippen LogP contribution in [0, 0.1) is 0 Å². The SMILES string of the molecule is CCN(CC)c1ccc2c(c1)[Si](C)(C)c1cc(N(CC)CC)ccc1C2. The van der Waals surface area contributed by atoms with E-state index >= 15 is 0 Å². The van der Waals surface area contributed by atoms with Crippen LogP contribution in [0.2, 0.25) is 13.1 Å². The van der Waals surface area contributed by atoms with Gasteiger partial charge in [-0.1, -0.05) is 25.2 Å². The topological polar surface area (TPSA) is 6.48 Å². The molecule has 0 fully saturated rings. The highest BCUT2D eigenvalue weighted by molar-refractivity contribution is 7.01. The second-order valence-electron chi connectivity index (χ2n) is 7.83. The molecule has 0 spiro atoms. The highest BCUT2D eigenvalue weighted by Crippen LogP contribution is 2.26. The van der Waals surface area contributed by atoms with Crippen LogP contribution in [0.15, 0.2) is 36.4 Å². The summed E-state index contributed by atoms with van der Waals surface area (Å²) < 4.78 is 0. The molecular weight excluding hydrogens is 332 g/mol. The van der Waals surface area contributed by atoms with Crippen LogP contribution in [0.5, 0.6) is 0 Å². The molecule has 0 aromatic heterocycles. The maximum atomic E-state index is 2.53. The Bertz CT molecular complexity index is 710. The third-order valence-corrected chi connectivity index (χ3v) is 9.80. The molecule has 3 rings (SSSR count). The van der Waals surface area contributed by atoms with E-state index in [0.29, 0.717) is 0 Å². The first-order valence-electron chi connectivity index (χ1n) is 10.2. The summed E-state index contributed by atoms with van der Waals surface area (Å²) >= 11 is 0. The lowest BCUT2D eigenvalue weighted by Gasteiger charge is -2.36. The monoisotopic (exact) mass is 366 g/mol. The van der Waals surface area contributed by atoms with Gasteiger partial charge in [0.1, 0.15) is 8.07 Å². The lowest BCUT2D eigenvalue weighted by atomic mass is 10.0. The van der Waals surface area contributed by atoms with E-state index in [0.717, 1.165) is 32.6 Å². The minimum absolute atomic E-state index is 1.07. The molecule has 0 bridgehead atoms. The van der Waals surface area contributed by atoms with E-state index in [1.807, 2.05) is 0 Å². The maximum absolute atomic E-state index is 2.53. The molecule has 26 heavy (non-hydrogen) atoms. The Morgan fingerprint density at radius 2 is 1.08 bits per heavy atom. The van der Waals surface area contributed by atoms with Gasteiger partial charge in [0.15, 0.2) is 0 Å². The zero-order valence-corrected chi connectivity index (χ0v) is 18.4. The van der Waals surface area contributed by atoms with Crippen molar-refractivity contribution in [2.75, 3.05) is 36.0 Å². The Hall–Kier alpha value is -1.74. The van der Waals surface area contributed by atoms with E-state index in [1.54, 1.807) is 21.5 Å². The van der Waals surface area contributed by atoms with Gasteiger partial charge in [-0.3, -0.25) is 0 Å². The van der Waals surface area contributed by atoms with E-state index in [1.165, 1.54) is 11.4 Å². The summed E-state index contributed by atoms with van der Waals surface area (Å²) in [4.78, 5) is 4.93. The van der Waals surface area contributed by atoms with Crippen molar-refractivity contribution in [3.8, 4) is 0 Å². The van der Waals surface area contributed by atoms with Gasteiger partial charge in [0.05, 0.1) is 0 Å². The van der Waals surface area contributed by atoms with Gasteiger partial charge in [-0.15, -0.1) is 0 Å². The molecule has 0 N–H and O–H groups in total. The molecule has 0 atom stereocenters. The fraction of sp³-hybridized carbons (Fsp3) is 0.478. The van der Waals surface area contributed by atoms with Crippen molar-refractivity contribution in [2.24, 2.45) is 0 Å². The number of benzene rings is 2. The minimum Gasteiger partial charge on any atom is -0.372 e. The van der Waals surface area contributed by atoms with Gasteiger partial charge in [-0.05, 0) is 79.9 Å². The van der Waals surface area contributed by atoms with Gasteiger partial charge < -0.3 is 9.80 Å². The smallest absolute Gasteiger partial charge is 0.113 e. The molecule has 0 amide bonds. The molecule has 2 aromatic rings. The van der Waals surface area contributed by atoms with Crippen LogP contribution >= 0.6 is 0 Å². The summed E-state index contributed by atoms with van der Waals surface area (Å²) in [5, 5.41) is 3.26. The molecule has 1 aliphatic heterocycles. The average Bonchev–Trinajstić information content (AvgIpc) is 2.65. The van der Waals surface area contributed by atoms with Crippen LogP contribution in [-0.4, -0.2) is 34.3 Å². The predicted octanol–water partition coefficient (Wildman–Crippen LogP) is 4.11. The zero-order valence-electron chi connectivity index (χ0n) is 17.4. The summed E-state index contributed by atoms with van der Waals surface area (Å²) in [6, 6.07) is 14.4. The molecule has 1 aliphatic rings. The number of hydrogen-bond donors (Lipinski definition) is 0. The zero-order chi connectivity index (χ0) is 18.9. The Labute approximate surface area is 160 Å². The predicted molar refractivity (Wildman–Crippen MR) is 120 cm³/mol. The highest BCUT2D eigenvalue weighted by Gasteiger charge is 2.35. The Balaban J connectivity index is 2.08. The first-order valence-corrected chi connectivity index (χ1v) is 13.2. The van der Waals surface area contributed by atoms with Crippen molar-refractivity contribution in [3.05, 3.63) is 47.5 Å². The van der Waals surface area contributed by atoms with E-state index in [4.69, 9.17) is 0 Å². The van der Waals surface area contributed by atoms with Crippen LogP contribution in [0.3, 0.4) is 0 Å². The fourth-order valence-corrected chi connectivity index (χ4v) is 7.78. The van der Waals surface area contributed by atoms with Gasteiger partial charge in [0.25, 0.3) is 0 Å². The number of nitrogens with zero attached hydrogens (tertiary/aromatic N) is 2. The lowest BCUT2D eigenvalue weighted by Crippen LogP contribution is -2.58. The van der Waals surface area contributed by atoms with E-state index in [9.17, 15) is 0 Å². The van der Waals surface area contributed by atoms with Crippen LogP contribution < -0.4 is 20.2 Å². The Kier molecular flexibility index (Phi) is 5.47. The second kappa shape index (κ2) is 7.48. The maximum Gasteiger partial charge on any atom is 0.113 e. The van der Waals surface area contributed by atoms with Gasteiger partial charge >= 0.3 is 0 Å². The van der Waals surface area contributed by atoms with Crippen molar-refractivity contribution in [1.29, 1.82) is 0 Å². The third-order valence-electron chi connectivity index (χ3n) is 6.17. The van der Waals surface area contributed by atoms with Crippen molar-refractivity contribution in [3.63, 3.8) is 0 Å². The molecule has 0 saturated carbocycles. The highest BCUT2D eigenvalue weighted by atomic mass is 28.3. The summed E-state index contributed by atoms with van der Waals surface area (Å²) in [7, 11) is -1.69. The first kappa shape index (κ1) is 19.0. The van der Waals surface area contributed by atoms with E-state index in [2.05, 4.69) is 87.0 Å². The van der Waals surface area contributed by atoms with Crippen molar-refractivity contribution < 1.29 is 0 Å². The summed E-state index contributed by atoms with van der Waals surface area (Å²) in [5.74, 6) is 0. The van der Waals surface area contributed by atoms with Gasteiger partial charge in [0.2, 0.25) is 0 Å². The largest absolute Gasteiger partial charge is 0.372 e. The van der Waals surface area contributed by atoms with Crippen LogP contribution in [0.1, 0.15) is 38.8 Å². The van der Waals surface area contributed by atoms with Crippen molar-refractivity contribution in [1.82, 2.24) is 0 Å². The quantitative estimate of drug-likeness (QED) is 0.710.